The lowest BCUT2D eigenvalue weighted by Crippen LogP contribution is -2.16. The molecule has 100 valence electrons. The van der Waals surface area contributed by atoms with Gasteiger partial charge in [0.05, 0.1) is 5.57 Å². The van der Waals surface area contributed by atoms with Crippen LogP contribution < -0.4 is 5.73 Å². The molecule has 0 unspecified atom stereocenters. The average molecular weight is 256 g/mol. The molecule has 4 heteroatoms. The van der Waals surface area contributed by atoms with E-state index in [0.717, 1.165) is 24.1 Å². The number of hydrogen-bond donors (Lipinski definition) is 1. The van der Waals surface area contributed by atoms with Crippen molar-refractivity contribution >= 4 is 5.82 Å². The third-order valence-corrected chi connectivity index (χ3v) is 3.85. The zero-order chi connectivity index (χ0) is 13.8. The summed E-state index contributed by atoms with van der Waals surface area (Å²) in [5, 5.41) is 13.6. The fourth-order valence-corrected chi connectivity index (χ4v) is 2.68. The van der Waals surface area contributed by atoms with Gasteiger partial charge in [-0.1, -0.05) is 25.8 Å². The van der Waals surface area contributed by atoms with E-state index >= 15 is 0 Å². The Bertz CT molecular complexity index is 539. The molecule has 2 N–H and O–H groups in total. The molecule has 0 spiro atoms. The quantitative estimate of drug-likeness (QED) is 0.667. The molecule has 1 aromatic rings. The number of nitrogens with two attached hydrogens (primary N) is 1. The minimum atomic E-state index is 0.387. The summed E-state index contributed by atoms with van der Waals surface area (Å²) in [5.74, 6) is 0.776. The highest BCUT2D eigenvalue weighted by Gasteiger charge is 2.21. The van der Waals surface area contributed by atoms with Crippen molar-refractivity contribution in [2.45, 2.75) is 39.0 Å². The summed E-state index contributed by atoms with van der Waals surface area (Å²) >= 11 is 0. The van der Waals surface area contributed by atoms with Crippen LogP contribution in [0.1, 0.15) is 37.8 Å². The molecule has 0 amide bonds. The average Bonchev–Trinajstić information content (AvgIpc) is 2.86. The molecule has 1 aliphatic carbocycles. The van der Waals surface area contributed by atoms with E-state index in [1.165, 1.54) is 19.3 Å². The lowest BCUT2D eigenvalue weighted by Gasteiger charge is -2.24. The normalized spacial score (nSPS) is 17.7. The van der Waals surface area contributed by atoms with Crippen LogP contribution in [0.5, 0.6) is 0 Å². The summed E-state index contributed by atoms with van der Waals surface area (Å²) in [6, 6.07) is 4.07. The Morgan fingerprint density at radius 2 is 2.16 bits per heavy atom. The van der Waals surface area contributed by atoms with Crippen LogP contribution in [-0.4, -0.2) is 9.78 Å². The number of nitriles is 1. The molecule has 0 saturated heterocycles. The minimum Gasteiger partial charge on any atom is -0.383 e. The van der Waals surface area contributed by atoms with Gasteiger partial charge in [0.25, 0.3) is 0 Å². The third kappa shape index (κ3) is 2.70. The molecule has 1 saturated carbocycles. The molecular formula is C15H20N4. The van der Waals surface area contributed by atoms with Crippen molar-refractivity contribution in [3.8, 4) is 6.07 Å². The maximum absolute atomic E-state index is 9.40. The van der Waals surface area contributed by atoms with Crippen molar-refractivity contribution in [2.75, 3.05) is 0 Å². The number of nitrogens with zero attached hydrogens (tertiary/aromatic N) is 3. The van der Waals surface area contributed by atoms with E-state index in [2.05, 4.69) is 17.7 Å². The van der Waals surface area contributed by atoms with Gasteiger partial charge in [0.15, 0.2) is 0 Å². The first-order chi connectivity index (χ1) is 9.15. The van der Waals surface area contributed by atoms with Gasteiger partial charge >= 0.3 is 0 Å². The van der Waals surface area contributed by atoms with Crippen LogP contribution in [0.2, 0.25) is 0 Å². The van der Waals surface area contributed by atoms with Gasteiger partial charge in [0.2, 0.25) is 0 Å². The highest BCUT2D eigenvalue weighted by molar-refractivity contribution is 5.61. The number of hydrogen-bond acceptors (Lipinski definition) is 3. The second kappa shape index (κ2) is 5.75. The Kier molecular flexibility index (Phi) is 4.06. The molecule has 1 aromatic heterocycles. The first-order valence-electron chi connectivity index (χ1n) is 6.75. The van der Waals surface area contributed by atoms with Crippen molar-refractivity contribution in [1.29, 1.82) is 5.26 Å². The summed E-state index contributed by atoms with van der Waals surface area (Å²) in [4.78, 5) is 0. The molecule has 1 fully saturated rings. The predicted octanol–water partition coefficient (Wildman–Crippen LogP) is 2.98. The van der Waals surface area contributed by atoms with Gasteiger partial charge < -0.3 is 5.73 Å². The van der Waals surface area contributed by atoms with Gasteiger partial charge in [-0.3, -0.25) is 0 Å². The smallest absolute Gasteiger partial charge is 0.143 e. The van der Waals surface area contributed by atoms with Crippen LogP contribution in [0.4, 0.5) is 0 Å². The second-order valence-corrected chi connectivity index (χ2v) is 5.12. The first-order valence-corrected chi connectivity index (χ1v) is 6.75. The summed E-state index contributed by atoms with van der Waals surface area (Å²) < 4.78 is 1.60. The number of rotatable bonds is 3. The molecule has 0 aromatic carbocycles. The maximum atomic E-state index is 9.40. The van der Waals surface area contributed by atoms with Crippen molar-refractivity contribution in [2.24, 2.45) is 11.7 Å². The monoisotopic (exact) mass is 256 g/mol. The van der Waals surface area contributed by atoms with Gasteiger partial charge in [-0.25, -0.2) is 4.68 Å². The van der Waals surface area contributed by atoms with Gasteiger partial charge in [-0.15, -0.1) is 0 Å². The summed E-state index contributed by atoms with van der Waals surface area (Å²) in [7, 11) is 0. The van der Waals surface area contributed by atoms with E-state index < -0.39 is 0 Å². The van der Waals surface area contributed by atoms with E-state index in [4.69, 9.17) is 5.73 Å². The molecule has 2 rings (SSSR count). The fraction of sp³-hybridized carbons (Fsp3) is 0.467. The van der Waals surface area contributed by atoms with Crippen LogP contribution in [0.15, 0.2) is 30.0 Å². The fourth-order valence-electron chi connectivity index (χ4n) is 2.68. The highest BCUT2D eigenvalue weighted by atomic mass is 15.3. The number of allylic oxidation sites excluding steroid dienone is 2. The SMILES string of the molecule is C=C(/C(C#N)=C(/N)n1nccc1C)C1CCCCC1. The molecule has 0 aliphatic heterocycles. The summed E-state index contributed by atoms with van der Waals surface area (Å²) in [5.41, 5.74) is 8.37. The van der Waals surface area contributed by atoms with E-state index in [-0.39, 0.29) is 0 Å². The second-order valence-electron chi connectivity index (χ2n) is 5.12. The Morgan fingerprint density at radius 3 is 2.68 bits per heavy atom. The van der Waals surface area contributed by atoms with Crippen molar-refractivity contribution in [1.82, 2.24) is 9.78 Å². The summed E-state index contributed by atoms with van der Waals surface area (Å²) in [6.07, 6.45) is 7.60. The zero-order valence-corrected chi connectivity index (χ0v) is 11.4. The lowest BCUT2D eigenvalue weighted by atomic mass is 9.82. The Morgan fingerprint density at radius 1 is 1.47 bits per heavy atom. The predicted molar refractivity (Wildman–Crippen MR) is 75.7 cm³/mol. The van der Waals surface area contributed by atoms with E-state index in [9.17, 15) is 5.26 Å². The first kappa shape index (κ1) is 13.4. The van der Waals surface area contributed by atoms with Crippen LogP contribution >= 0.6 is 0 Å². The molecule has 0 bridgehead atoms. The van der Waals surface area contributed by atoms with E-state index in [1.807, 2.05) is 13.0 Å². The van der Waals surface area contributed by atoms with Gasteiger partial charge in [-0.2, -0.15) is 10.4 Å². The molecule has 4 nitrogen and oxygen atoms in total. The largest absolute Gasteiger partial charge is 0.383 e. The van der Waals surface area contributed by atoms with Crippen LogP contribution in [0, 0.1) is 24.2 Å². The van der Waals surface area contributed by atoms with Crippen LogP contribution in [0.25, 0.3) is 5.82 Å². The van der Waals surface area contributed by atoms with Crippen molar-refractivity contribution in [3.05, 3.63) is 35.7 Å². The van der Waals surface area contributed by atoms with Gasteiger partial charge in [0.1, 0.15) is 11.9 Å². The number of aryl methyl sites for hydroxylation is 1. The lowest BCUT2D eigenvalue weighted by molar-refractivity contribution is 0.407. The third-order valence-electron chi connectivity index (χ3n) is 3.85. The Hall–Kier alpha value is -2.02. The van der Waals surface area contributed by atoms with Crippen LogP contribution in [-0.2, 0) is 0 Å². The molecule has 1 heterocycles. The topological polar surface area (TPSA) is 67.6 Å². The molecule has 0 atom stereocenters. The standard InChI is InChI=1S/C15H20N4/c1-11-8-9-18-19(11)15(17)14(10-16)12(2)13-6-4-3-5-7-13/h8-9,13H,2-7,17H2,1H3/b15-14-. The minimum absolute atomic E-state index is 0.387. The number of aromatic nitrogens is 2. The molecule has 1 aliphatic rings. The molecular weight excluding hydrogens is 236 g/mol. The Balaban J connectivity index is 2.31. The van der Waals surface area contributed by atoms with E-state index in [1.54, 1.807) is 10.9 Å². The zero-order valence-electron chi connectivity index (χ0n) is 11.4. The van der Waals surface area contributed by atoms with Gasteiger partial charge in [0, 0.05) is 11.9 Å². The Labute approximate surface area is 114 Å². The van der Waals surface area contributed by atoms with E-state index in [0.29, 0.717) is 17.3 Å². The molecule has 19 heavy (non-hydrogen) atoms. The van der Waals surface area contributed by atoms with Gasteiger partial charge in [-0.05, 0) is 37.3 Å². The summed E-state index contributed by atoms with van der Waals surface area (Å²) in [6.45, 7) is 6.02. The highest BCUT2D eigenvalue weighted by Crippen LogP contribution is 2.33. The van der Waals surface area contributed by atoms with Crippen molar-refractivity contribution < 1.29 is 0 Å². The van der Waals surface area contributed by atoms with Crippen LogP contribution in [0.3, 0.4) is 0 Å². The maximum Gasteiger partial charge on any atom is 0.143 e. The molecule has 0 radical (unpaired) electrons. The van der Waals surface area contributed by atoms with Crippen molar-refractivity contribution in [3.63, 3.8) is 0 Å².